The highest BCUT2D eigenvalue weighted by Gasteiger charge is 2.20. The Morgan fingerprint density at radius 2 is 1.94 bits per heavy atom. The molecule has 0 saturated carbocycles. The first-order chi connectivity index (χ1) is 14.9. The molecule has 1 heterocycles. The fourth-order valence-corrected chi connectivity index (χ4v) is 3.42. The van der Waals surface area contributed by atoms with E-state index in [1.165, 1.54) is 11.0 Å². The van der Waals surface area contributed by atoms with Crippen molar-refractivity contribution in [3.63, 3.8) is 0 Å². The number of nitrogens with one attached hydrogen (secondary N) is 1. The van der Waals surface area contributed by atoms with Crippen LogP contribution in [0, 0.1) is 0 Å². The lowest BCUT2D eigenvalue weighted by molar-refractivity contribution is -0.128. The van der Waals surface area contributed by atoms with Gasteiger partial charge in [0.05, 0.1) is 17.8 Å². The second-order valence-electron chi connectivity index (χ2n) is 7.35. The molecular weight excluding hydrogens is 416 g/mol. The fraction of sp³-hybridized carbons (Fsp3) is 0.318. The Morgan fingerprint density at radius 1 is 1.16 bits per heavy atom. The summed E-state index contributed by atoms with van der Waals surface area (Å²) in [5.41, 5.74) is 8.72. The molecule has 0 radical (unpaired) electrons. The third-order valence-electron chi connectivity index (χ3n) is 5.04. The minimum atomic E-state index is -0.671. The molecule has 2 aromatic carbocycles. The summed E-state index contributed by atoms with van der Waals surface area (Å²) in [6.45, 7) is 1.67. The number of aryl methyl sites for hydroxylation is 2. The van der Waals surface area contributed by atoms with Crippen LogP contribution in [0.5, 0.6) is 0 Å². The van der Waals surface area contributed by atoms with Gasteiger partial charge in [0.2, 0.25) is 5.91 Å². The van der Waals surface area contributed by atoms with Gasteiger partial charge in [-0.25, -0.2) is 4.68 Å². The van der Waals surface area contributed by atoms with Crippen molar-refractivity contribution in [2.24, 2.45) is 5.73 Å². The van der Waals surface area contributed by atoms with Crippen LogP contribution in [0.3, 0.4) is 0 Å². The van der Waals surface area contributed by atoms with Gasteiger partial charge < -0.3 is 11.1 Å². The maximum atomic E-state index is 12.6. The standard InChI is InChI=1S/C22H25ClN6O2/c1-15(26-22(31)19(24)10-7-16-5-3-2-4-6-16)21(30)12-8-17-13-18(23)9-11-20(17)29-14-25-27-28-29/h2-6,9,11,13-15,19H,7-8,10,12,24H2,1H3,(H,26,31)/t15-,19+/m0/s1. The number of nitrogens with two attached hydrogens (primary N) is 1. The number of carbonyl (C=O) groups excluding carboxylic acids is 2. The van der Waals surface area contributed by atoms with Crippen molar-refractivity contribution in [3.8, 4) is 5.69 Å². The summed E-state index contributed by atoms with van der Waals surface area (Å²) in [7, 11) is 0. The van der Waals surface area contributed by atoms with Gasteiger partial charge in [0, 0.05) is 11.4 Å². The Morgan fingerprint density at radius 3 is 2.65 bits per heavy atom. The topological polar surface area (TPSA) is 116 Å². The molecule has 1 amide bonds. The summed E-state index contributed by atoms with van der Waals surface area (Å²) < 4.78 is 1.52. The number of rotatable bonds is 10. The molecule has 162 valence electrons. The predicted molar refractivity (Wildman–Crippen MR) is 118 cm³/mol. The van der Waals surface area contributed by atoms with Crippen LogP contribution in [-0.2, 0) is 22.4 Å². The van der Waals surface area contributed by atoms with Crippen LogP contribution in [0.2, 0.25) is 5.02 Å². The first-order valence-electron chi connectivity index (χ1n) is 10.1. The molecule has 0 saturated heterocycles. The molecule has 2 atom stereocenters. The molecule has 9 heteroatoms. The molecule has 0 aliphatic heterocycles. The van der Waals surface area contributed by atoms with Crippen molar-refractivity contribution in [1.29, 1.82) is 0 Å². The van der Waals surface area contributed by atoms with Gasteiger partial charge in [-0.1, -0.05) is 41.9 Å². The van der Waals surface area contributed by atoms with Crippen molar-refractivity contribution in [1.82, 2.24) is 25.5 Å². The smallest absolute Gasteiger partial charge is 0.237 e. The van der Waals surface area contributed by atoms with Gasteiger partial charge in [0.15, 0.2) is 5.78 Å². The molecule has 3 rings (SSSR count). The first-order valence-corrected chi connectivity index (χ1v) is 10.5. The molecule has 8 nitrogen and oxygen atoms in total. The molecule has 0 fully saturated rings. The molecule has 3 N–H and O–H groups in total. The zero-order valence-corrected chi connectivity index (χ0v) is 18.0. The normalized spacial score (nSPS) is 12.9. The van der Waals surface area contributed by atoms with Crippen molar-refractivity contribution >= 4 is 23.3 Å². The first kappa shape index (κ1) is 22.6. The summed E-state index contributed by atoms with van der Waals surface area (Å²) in [4.78, 5) is 25.0. The zero-order chi connectivity index (χ0) is 22.2. The maximum Gasteiger partial charge on any atom is 0.237 e. The Bertz CT molecular complexity index is 1010. The number of hydrogen-bond acceptors (Lipinski definition) is 6. The van der Waals surface area contributed by atoms with Gasteiger partial charge in [-0.2, -0.15) is 0 Å². The largest absolute Gasteiger partial charge is 0.345 e. The molecule has 0 aliphatic rings. The number of Topliss-reactive ketones (excluding diaryl/α,β-unsaturated/α-hetero) is 1. The van der Waals surface area contributed by atoms with E-state index in [0.717, 1.165) is 16.8 Å². The molecule has 0 spiro atoms. The van der Waals surface area contributed by atoms with Gasteiger partial charge in [-0.3, -0.25) is 9.59 Å². The van der Waals surface area contributed by atoms with Gasteiger partial charge in [0.1, 0.15) is 6.33 Å². The van der Waals surface area contributed by atoms with Gasteiger partial charge in [-0.05, 0) is 65.9 Å². The predicted octanol–water partition coefficient (Wildman–Crippen LogP) is 2.28. The third-order valence-corrected chi connectivity index (χ3v) is 5.28. The Hall–Kier alpha value is -3.10. The molecule has 0 aliphatic carbocycles. The molecule has 3 aromatic rings. The van der Waals surface area contributed by atoms with Gasteiger partial charge >= 0.3 is 0 Å². The SMILES string of the molecule is C[C@H](NC(=O)[C@H](N)CCc1ccccc1)C(=O)CCc1cc(Cl)ccc1-n1cnnn1. The number of aromatic nitrogens is 4. The quantitative estimate of drug-likeness (QED) is 0.499. The van der Waals surface area contributed by atoms with Crippen LogP contribution in [0.15, 0.2) is 54.9 Å². The number of tetrazole rings is 1. The average molecular weight is 441 g/mol. The van der Waals surface area contributed by atoms with E-state index in [4.69, 9.17) is 17.3 Å². The van der Waals surface area contributed by atoms with Gasteiger partial charge in [-0.15, -0.1) is 5.10 Å². The van der Waals surface area contributed by atoms with E-state index < -0.39 is 12.1 Å². The van der Waals surface area contributed by atoms with E-state index in [2.05, 4.69) is 20.8 Å². The Kier molecular flexibility index (Phi) is 7.86. The highest BCUT2D eigenvalue weighted by Crippen LogP contribution is 2.20. The highest BCUT2D eigenvalue weighted by molar-refractivity contribution is 6.30. The van der Waals surface area contributed by atoms with E-state index in [9.17, 15) is 9.59 Å². The minimum Gasteiger partial charge on any atom is -0.345 e. The molecule has 0 bridgehead atoms. The summed E-state index contributed by atoms with van der Waals surface area (Å²) in [6, 6.07) is 13.9. The monoisotopic (exact) mass is 440 g/mol. The Balaban J connectivity index is 1.51. The molecular formula is C22H25ClN6O2. The zero-order valence-electron chi connectivity index (χ0n) is 17.2. The van der Waals surface area contributed by atoms with Crippen LogP contribution in [-0.4, -0.2) is 44.0 Å². The lowest BCUT2D eigenvalue weighted by Crippen LogP contribution is -2.47. The number of benzene rings is 2. The minimum absolute atomic E-state index is 0.0914. The van der Waals surface area contributed by atoms with Crippen LogP contribution >= 0.6 is 11.6 Å². The average Bonchev–Trinajstić information content (AvgIpc) is 3.31. The number of ketones is 1. The number of nitrogens with zero attached hydrogens (tertiary/aromatic N) is 4. The van der Waals surface area contributed by atoms with E-state index >= 15 is 0 Å². The third kappa shape index (κ3) is 6.44. The number of amides is 1. The molecule has 1 aromatic heterocycles. The summed E-state index contributed by atoms with van der Waals surface area (Å²) >= 11 is 6.12. The van der Waals surface area contributed by atoms with Crippen molar-refractivity contribution in [2.75, 3.05) is 0 Å². The number of halogens is 1. The lowest BCUT2D eigenvalue weighted by atomic mass is 10.0. The second-order valence-corrected chi connectivity index (χ2v) is 7.79. The summed E-state index contributed by atoms with van der Waals surface area (Å²) in [5.74, 6) is -0.417. The Labute approximate surface area is 185 Å². The molecule has 31 heavy (non-hydrogen) atoms. The van der Waals surface area contributed by atoms with Crippen LogP contribution in [0.4, 0.5) is 0 Å². The number of hydrogen-bond donors (Lipinski definition) is 2. The summed E-state index contributed by atoms with van der Waals surface area (Å²) in [6.07, 6.45) is 3.36. The van der Waals surface area contributed by atoms with Crippen LogP contribution < -0.4 is 11.1 Å². The number of carbonyl (C=O) groups is 2. The fourth-order valence-electron chi connectivity index (χ4n) is 3.22. The second kappa shape index (κ2) is 10.8. The van der Waals surface area contributed by atoms with E-state index in [1.807, 2.05) is 30.3 Å². The van der Waals surface area contributed by atoms with E-state index in [-0.39, 0.29) is 18.1 Å². The summed E-state index contributed by atoms with van der Waals surface area (Å²) in [5, 5.41) is 14.5. The van der Waals surface area contributed by atoms with Crippen molar-refractivity contribution in [2.45, 2.75) is 44.7 Å². The van der Waals surface area contributed by atoms with Crippen LogP contribution in [0.25, 0.3) is 5.69 Å². The highest BCUT2D eigenvalue weighted by atomic mass is 35.5. The van der Waals surface area contributed by atoms with Gasteiger partial charge in [0.25, 0.3) is 0 Å². The molecule has 0 unspecified atom stereocenters. The van der Waals surface area contributed by atoms with Crippen molar-refractivity contribution < 1.29 is 9.59 Å². The van der Waals surface area contributed by atoms with Crippen LogP contribution in [0.1, 0.15) is 30.9 Å². The van der Waals surface area contributed by atoms with E-state index in [1.54, 1.807) is 25.1 Å². The lowest BCUT2D eigenvalue weighted by Gasteiger charge is -2.17. The van der Waals surface area contributed by atoms with E-state index in [0.29, 0.717) is 24.3 Å². The van der Waals surface area contributed by atoms with Crippen molar-refractivity contribution in [3.05, 3.63) is 71.0 Å². The maximum absolute atomic E-state index is 12.6.